The second-order valence-corrected chi connectivity index (χ2v) is 7.41. The number of primary amides is 1. The summed E-state index contributed by atoms with van der Waals surface area (Å²) in [7, 11) is 0. The number of carbonyl (C=O) groups excluding carboxylic acids is 2. The van der Waals surface area contributed by atoms with Crippen LogP contribution in [0.2, 0.25) is 0 Å². The molecule has 5 nitrogen and oxygen atoms in total. The third-order valence-corrected chi connectivity index (χ3v) is 4.74. The van der Waals surface area contributed by atoms with E-state index in [2.05, 4.69) is 31.0 Å². The third-order valence-electron chi connectivity index (χ3n) is 4.74. The molecule has 2 amide bonds. The fraction of sp³-hybridized carbons (Fsp3) is 0.556. The lowest BCUT2D eigenvalue weighted by Crippen LogP contribution is -2.43. The number of carbonyl (C=O) groups is 2. The number of nitrogens with zero attached hydrogens (tertiary/aromatic N) is 1. The van der Waals surface area contributed by atoms with E-state index in [9.17, 15) is 9.59 Å². The summed E-state index contributed by atoms with van der Waals surface area (Å²) < 4.78 is 0. The summed E-state index contributed by atoms with van der Waals surface area (Å²) >= 11 is 0. The first-order valence-corrected chi connectivity index (χ1v) is 8.14. The molecule has 5 heteroatoms. The summed E-state index contributed by atoms with van der Waals surface area (Å²) in [6, 6.07) is 7.46. The van der Waals surface area contributed by atoms with Crippen LogP contribution in [0.15, 0.2) is 24.3 Å². The number of anilines is 1. The minimum Gasteiger partial charge on any atom is -0.369 e. The highest BCUT2D eigenvalue weighted by molar-refractivity contribution is 5.98. The molecule has 1 aromatic carbocycles. The van der Waals surface area contributed by atoms with Gasteiger partial charge < -0.3 is 16.0 Å². The van der Waals surface area contributed by atoms with E-state index in [0.29, 0.717) is 12.1 Å². The van der Waals surface area contributed by atoms with Crippen LogP contribution < -0.4 is 16.0 Å². The fourth-order valence-electron chi connectivity index (χ4n) is 2.77. The molecule has 0 radical (unpaired) electrons. The van der Waals surface area contributed by atoms with E-state index in [-0.39, 0.29) is 23.3 Å². The molecule has 1 aliphatic rings. The van der Waals surface area contributed by atoms with Crippen LogP contribution >= 0.6 is 0 Å². The zero-order chi connectivity index (χ0) is 17.2. The predicted octanol–water partition coefficient (Wildman–Crippen LogP) is 2.16. The lowest BCUT2D eigenvalue weighted by atomic mass is 9.81. The van der Waals surface area contributed by atoms with Gasteiger partial charge in [-0.1, -0.05) is 39.8 Å². The lowest BCUT2D eigenvalue weighted by Gasteiger charge is -2.27. The van der Waals surface area contributed by atoms with Crippen molar-refractivity contribution in [2.45, 2.75) is 40.2 Å². The summed E-state index contributed by atoms with van der Waals surface area (Å²) in [4.78, 5) is 26.0. The second-order valence-electron chi connectivity index (χ2n) is 7.41. The van der Waals surface area contributed by atoms with Crippen molar-refractivity contribution in [1.29, 1.82) is 0 Å². The van der Waals surface area contributed by atoms with E-state index in [1.54, 1.807) is 6.07 Å². The maximum Gasteiger partial charge on any atom is 0.250 e. The molecule has 23 heavy (non-hydrogen) atoms. The average Bonchev–Trinajstić information content (AvgIpc) is 2.93. The first-order valence-electron chi connectivity index (χ1n) is 8.14. The van der Waals surface area contributed by atoms with Crippen LogP contribution in [0.1, 0.15) is 44.5 Å². The molecule has 0 spiro atoms. The number of hydrogen-bond donors (Lipinski definition) is 2. The van der Waals surface area contributed by atoms with Crippen LogP contribution in [0.3, 0.4) is 0 Å². The standard InChI is InChI=1S/C18H27N3O2/c1-12(18(2,3)4)17(23)20-13-9-10-21(11-13)15-8-6-5-7-14(15)16(19)22/h5-8,12-13H,9-11H2,1-4H3,(H2,19,22)(H,20,23). The van der Waals surface area contributed by atoms with Crippen molar-refractivity contribution in [2.24, 2.45) is 17.1 Å². The highest BCUT2D eigenvalue weighted by Crippen LogP contribution is 2.27. The molecule has 126 valence electrons. The van der Waals surface area contributed by atoms with Gasteiger partial charge in [0, 0.05) is 30.7 Å². The monoisotopic (exact) mass is 317 g/mol. The van der Waals surface area contributed by atoms with Gasteiger partial charge in [0.2, 0.25) is 5.91 Å². The van der Waals surface area contributed by atoms with Crippen LogP contribution in [0.25, 0.3) is 0 Å². The summed E-state index contributed by atoms with van der Waals surface area (Å²) in [5.41, 5.74) is 6.77. The van der Waals surface area contributed by atoms with Gasteiger partial charge >= 0.3 is 0 Å². The molecular formula is C18H27N3O2. The molecule has 2 atom stereocenters. The Morgan fingerprint density at radius 2 is 1.96 bits per heavy atom. The topological polar surface area (TPSA) is 75.4 Å². The highest BCUT2D eigenvalue weighted by Gasteiger charge is 2.31. The van der Waals surface area contributed by atoms with Crippen LogP contribution in [0.5, 0.6) is 0 Å². The number of para-hydroxylation sites is 1. The molecule has 0 aromatic heterocycles. The molecule has 0 saturated carbocycles. The Kier molecular flexibility index (Phi) is 4.97. The van der Waals surface area contributed by atoms with Crippen molar-refractivity contribution >= 4 is 17.5 Å². The van der Waals surface area contributed by atoms with E-state index in [1.165, 1.54) is 0 Å². The molecule has 0 aliphatic carbocycles. The van der Waals surface area contributed by atoms with Gasteiger partial charge in [0.1, 0.15) is 0 Å². The van der Waals surface area contributed by atoms with Crippen LogP contribution in [-0.2, 0) is 4.79 Å². The van der Waals surface area contributed by atoms with Crippen molar-refractivity contribution < 1.29 is 9.59 Å². The van der Waals surface area contributed by atoms with Crippen molar-refractivity contribution in [3.8, 4) is 0 Å². The van der Waals surface area contributed by atoms with Crippen molar-refractivity contribution in [1.82, 2.24) is 5.32 Å². The smallest absolute Gasteiger partial charge is 0.250 e. The Bertz CT molecular complexity index is 592. The summed E-state index contributed by atoms with van der Waals surface area (Å²) in [6.07, 6.45) is 0.871. The Balaban J connectivity index is 2.02. The van der Waals surface area contributed by atoms with E-state index in [1.807, 2.05) is 25.1 Å². The lowest BCUT2D eigenvalue weighted by molar-refractivity contribution is -0.128. The van der Waals surface area contributed by atoms with Crippen LogP contribution in [0, 0.1) is 11.3 Å². The average molecular weight is 317 g/mol. The van der Waals surface area contributed by atoms with Crippen molar-refractivity contribution in [3.63, 3.8) is 0 Å². The maximum absolute atomic E-state index is 12.4. The molecule has 1 aromatic rings. The molecule has 0 bridgehead atoms. The fourth-order valence-corrected chi connectivity index (χ4v) is 2.77. The highest BCUT2D eigenvalue weighted by atomic mass is 16.2. The van der Waals surface area contributed by atoms with Crippen molar-refractivity contribution in [3.05, 3.63) is 29.8 Å². The Hall–Kier alpha value is -2.04. The largest absolute Gasteiger partial charge is 0.369 e. The number of nitrogens with two attached hydrogens (primary N) is 1. The molecule has 1 aliphatic heterocycles. The van der Waals surface area contributed by atoms with Gasteiger partial charge in [-0.2, -0.15) is 0 Å². The molecule has 1 saturated heterocycles. The van der Waals surface area contributed by atoms with E-state index >= 15 is 0 Å². The Morgan fingerprint density at radius 1 is 1.30 bits per heavy atom. The summed E-state index contributed by atoms with van der Waals surface area (Å²) in [6.45, 7) is 9.68. The van der Waals surface area contributed by atoms with Crippen LogP contribution in [0.4, 0.5) is 5.69 Å². The molecule has 1 heterocycles. The van der Waals surface area contributed by atoms with E-state index < -0.39 is 5.91 Å². The normalized spacial score (nSPS) is 19.5. The summed E-state index contributed by atoms with van der Waals surface area (Å²) in [5.74, 6) is -0.378. The van der Waals surface area contributed by atoms with Gasteiger partial charge in [0.25, 0.3) is 5.91 Å². The Labute approximate surface area is 138 Å². The van der Waals surface area contributed by atoms with E-state index in [4.69, 9.17) is 5.73 Å². The SMILES string of the molecule is CC(C(=O)NC1CCN(c2ccccc2C(N)=O)C1)C(C)(C)C. The van der Waals surface area contributed by atoms with Crippen LogP contribution in [-0.4, -0.2) is 30.9 Å². The Morgan fingerprint density at radius 3 is 2.57 bits per heavy atom. The zero-order valence-corrected chi connectivity index (χ0v) is 14.4. The first-order chi connectivity index (χ1) is 10.7. The quantitative estimate of drug-likeness (QED) is 0.893. The number of nitrogens with one attached hydrogen (secondary N) is 1. The van der Waals surface area contributed by atoms with Gasteiger partial charge in [-0.3, -0.25) is 9.59 Å². The third kappa shape index (κ3) is 4.03. The zero-order valence-electron chi connectivity index (χ0n) is 14.4. The van der Waals surface area contributed by atoms with E-state index in [0.717, 1.165) is 18.7 Å². The molecule has 2 unspecified atom stereocenters. The van der Waals surface area contributed by atoms with Gasteiger partial charge in [0.15, 0.2) is 0 Å². The van der Waals surface area contributed by atoms with Crippen molar-refractivity contribution in [2.75, 3.05) is 18.0 Å². The number of amides is 2. The second kappa shape index (κ2) is 6.60. The van der Waals surface area contributed by atoms with Gasteiger partial charge in [-0.25, -0.2) is 0 Å². The number of benzene rings is 1. The molecule has 3 N–H and O–H groups in total. The van der Waals surface area contributed by atoms with Gasteiger partial charge in [-0.15, -0.1) is 0 Å². The molecule has 2 rings (SSSR count). The predicted molar refractivity (Wildman–Crippen MR) is 92.3 cm³/mol. The molecule has 1 fully saturated rings. The minimum absolute atomic E-state index is 0.0468. The van der Waals surface area contributed by atoms with Gasteiger partial charge in [0.05, 0.1) is 5.56 Å². The minimum atomic E-state index is -0.422. The first kappa shape index (κ1) is 17.3. The number of hydrogen-bond acceptors (Lipinski definition) is 3. The summed E-state index contributed by atoms with van der Waals surface area (Å²) in [5, 5.41) is 3.14. The number of rotatable bonds is 4. The maximum atomic E-state index is 12.4. The molecular weight excluding hydrogens is 290 g/mol. The van der Waals surface area contributed by atoms with Gasteiger partial charge in [-0.05, 0) is 24.0 Å².